The van der Waals surface area contributed by atoms with Crippen LogP contribution in [0.4, 0.5) is 8.78 Å². The zero-order chi connectivity index (χ0) is 13.2. The summed E-state index contributed by atoms with van der Waals surface area (Å²) in [5.74, 6) is -0.576. The molecule has 0 atom stereocenters. The van der Waals surface area contributed by atoms with Gasteiger partial charge in [-0.1, -0.05) is 12.1 Å². The molecule has 3 aromatic rings. The maximum absolute atomic E-state index is 13.7. The minimum absolute atomic E-state index is 0.283. The van der Waals surface area contributed by atoms with E-state index < -0.39 is 0 Å². The summed E-state index contributed by atoms with van der Waals surface area (Å²) in [4.78, 5) is 4.40. The quantitative estimate of drug-likeness (QED) is 0.656. The van der Waals surface area contributed by atoms with Crippen molar-refractivity contribution in [1.29, 1.82) is 0 Å². The summed E-state index contributed by atoms with van der Waals surface area (Å²) < 4.78 is 26.5. The summed E-state index contributed by atoms with van der Waals surface area (Å²) >= 11 is 1.41. The van der Waals surface area contributed by atoms with Gasteiger partial charge in [0.2, 0.25) is 0 Å². The molecule has 1 heterocycles. The van der Waals surface area contributed by atoms with E-state index in [1.54, 1.807) is 35.7 Å². The SMILES string of the molecule is Fc1ccc(-c2nc(-c3ccccc3F)cs2)cc1. The third-order valence-corrected chi connectivity index (χ3v) is 3.64. The number of nitrogens with zero attached hydrogens (tertiary/aromatic N) is 1. The lowest BCUT2D eigenvalue weighted by molar-refractivity contribution is 0.628. The van der Waals surface area contributed by atoms with Crippen LogP contribution in [0.1, 0.15) is 0 Å². The van der Waals surface area contributed by atoms with Crippen LogP contribution in [0, 0.1) is 11.6 Å². The second-order valence-corrected chi connectivity index (χ2v) is 4.88. The van der Waals surface area contributed by atoms with E-state index in [0.717, 1.165) is 10.6 Å². The standard InChI is InChI=1S/C15H9F2NS/c16-11-7-5-10(6-8-11)15-18-14(9-19-15)12-3-1-2-4-13(12)17/h1-9H. The van der Waals surface area contributed by atoms with Crippen LogP contribution in [0.25, 0.3) is 21.8 Å². The molecule has 1 aromatic heterocycles. The molecule has 0 aliphatic rings. The van der Waals surface area contributed by atoms with Crippen LogP contribution >= 0.6 is 11.3 Å². The zero-order valence-corrected chi connectivity index (χ0v) is 10.6. The van der Waals surface area contributed by atoms with Gasteiger partial charge in [-0.2, -0.15) is 0 Å². The molecule has 94 valence electrons. The van der Waals surface area contributed by atoms with Crippen LogP contribution in [-0.4, -0.2) is 4.98 Å². The number of aromatic nitrogens is 1. The van der Waals surface area contributed by atoms with Crippen molar-refractivity contribution in [1.82, 2.24) is 4.98 Å². The summed E-state index contributed by atoms with van der Waals surface area (Å²) in [6.45, 7) is 0. The molecule has 0 bridgehead atoms. The molecular weight excluding hydrogens is 264 g/mol. The van der Waals surface area contributed by atoms with Crippen LogP contribution in [0.3, 0.4) is 0 Å². The fourth-order valence-electron chi connectivity index (χ4n) is 1.79. The Hall–Kier alpha value is -2.07. The second-order valence-electron chi connectivity index (χ2n) is 4.02. The molecule has 0 spiro atoms. The summed E-state index contributed by atoms with van der Waals surface area (Å²) in [5.41, 5.74) is 1.91. The molecule has 4 heteroatoms. The first-order valence-corrected chi connectivity index (χ1v) is 6.58. The average molecular weight is 273 g/mol. The molecule has 0 unspecified atom stereocenters. The Balaban J connectivity index is 2.00. The molecule has 1 nitrogen and oxygen atoms in total. The van der Waals surface area contributed by atoms with Gasteiger partial charge in [-0.05, 0) is 36.4 Å². The van der Waals surface area contributed by atoms with E-state index in [2.05, 4.69) is 4.98 Å². The first-order valence-electron chi connectivity index (χ1n) is 5.70. The van der Waals surface area contributed by atoms with E-state index >= 15 is 0 Å². The van der Waals surface area contributed by atoms with Gasteiger partial charge < -0.3 is 0 Å². The summed E-state index contributed by atoms with van der Waals surface area (Å²) in [6.07, 6.45) is 0. The Morgan fingerprint density at radius 1 is 0.895 bits per heavy atom. The Kier molecular flexibility index (Phi) is 3.09. The third kappa shape index (κ3) is 2.39. The van der Waals surface area contributed by atoms with Crippen LogP contribution in [-0.2, 0) is 0 Å². The number of thiazole rings is 1. The van der Waals surface area contributed by atoms with Gasteiger partial charge in [-0.25, -0.2) is 13.8 Å². The molecule has 0 N–H and O–H groups in total. The molecule has 2 aromatic carbocycles. The van der Waals surface area contributed by atoms with E-state index in [0.29, 0.717) is 11.3 Å². The van der Waals surface area contributed by atoms with E-state index in [9.17, 15) is 8.78 Å². The third-order valence-electron chi connectivity index (χ3n) is 2.75. The van der Waals surface area contributed by atoms with Gasteiger partial charge in [-0.3, -0.25) is 0 Å². The highest BCUT2D eigenvalue weighted by Crippen LogP contribution is 2.30. The monoisotopic (exact) mass is 273 g/mol. The molecule has 0 saturated carbocycles. The van der Waals surface area contributed by atoms with Crippen molar-refractivity contribution < 1.29 is 8.78 Å². The van der Waals surface area contributed by atoms with Crippen LogP contribution in [0.15, 0.2) is 53.9 Å². The Morgan fingerprint density at radius 3 is 2.37 bits per heavy atom. The highest BCUT2D eigenvalue weighted by atomic mass is 32.1. The lowest BCUT2D eigenvalue weighted by atomic mass is 10.1. The first-order chi connectivity index (χ1) is 9.24. The zero-order valence-electron chi connectivity index (χ0n) is 9.81. The average Bonchev–Trinajstić information content (AvgIpc) is 2.89. The van der Waals surface area contributed by atoms with Gasteiger partial charge >= 0.3 is 0 Å². The van der Waals surface area contributed by atoms with Crippen molar-refractivity contribution in [3.63, 3.8) is 0 Å². The predicted octanol–water partition coefficient (Wildman–Crippen LogP) is 4.76. The molecule has 0 radical (unpaired) electrons. The van der Waals surface area contributed by atoms with Crippen molar-refractivity contribution in [2.75, 3.05) is 0 Å². The van der Waals surface area contributed by atoms with Crippen molar-refractivity contribution >= 4 is 11.3 Å². The van der Waals surface area contributed by atoms with Gasteiger partial charge in [0.1, 0.15) is 16.6 Å². The molecule has 19 heavy (non-hydrogen) atoms. The Morgan fingerprint density at radius 2 is 1.63 bits per heavy atom. The summed E-state index contributed by atoms with van der Waals surface area (Å²) in [7, 11) is 0. The minimum Gasteiger partial charge on any atom is -0.236 e. The number of benzene rings is 2. The molecule has 0 fully saturated rings. The van der Waals surface area contributed by atoms with Crippen LogP contribution in [0.5, 0.6) is 0 Å². The van der Waals surface area contributed by atoms with Gasteiger partial charge in [0.15, 0.2) is 0 Å². The maximum Gasteiger partial charge on any atom is 0.132 e. The molecule has 3 rings (SSSR count). The minimum atomic E-state index is -0.293. The number of rotatable bonds is 2. The van der Waals surface area contributed by atoms with Crippen molar-refractivity contribution in [3.8, 4) is 21.8 Å². The highest BCUT2D eigenvalue weighted by Gasteiger charge is 2.09. The number of hydrogen-bond acceptors (Lipinski definition) is 2. The highest BCUT2D eigenvalue weighted by molar-refractivity contribution is 7.13. The first kappa shape index (κ1) is 12.0. The number of hydrogen-bond donors (Lipinski definition) is 0. The Labute approximate surface area is 113 Å². The van der Waals surface area contributed by atoms with Gasteiger partial charge in [0, 0.05) is 16.5 Å². The van der Waals surface area contributed by atoms with Crippen molar-refractivity contribution in [3.05, 3.63) is 65.5 Å². The van der Waals surface area contributed by atoms with Crippen LogP contribution in [0.2, 0.25) is 0 Å². The lowest BCUT2D eigenvalue weighted by Gasteiger charge is -1.98. The fourth-order valence-corrected chi connectivity index (χ4v) is 2.62. The fraction of sp³-hybridized carbons (Fsp3) is 0. The second kappa shape index (κ2) is 4.90. The van der Waals surface area contributed by atoms with E-state index in [4.69, 9.17) is 0 Å². The van der Waals surface area contributed by atoms with Crippen LogP contribution < -0.4 is 0 Å². The van der Waals surface area contributed by atoms with Gasteiger partial charge in [0.05, 0.1) is 5.69 Å². The largest absolute Gasteiger partial charge is 0.236 e. The number of halogens is 2. The topological polar surface area (TPSA) is 12.9 Å². The Bertz CT molecular complexity index is 704. The van der Waals surface area contributed by atoms with E-state index in [1.807, 2.05) is 0 Å². The molecule has 0 aliphatic heterocycles. The van der Waals surface area contributed by atoms with Gasteiger partial charge in [0.25, 0.3) is 0 Å². The van der Waals surface area contributed by atoms with Crippen molar-refractivity contribution in [2.45, 2.75) is 0 Å². The predicted molar refractivity (Wildman–Crippen MR) is 72.9 cm³/mol. The normalized spacial score (nSPS) is 10.6. The van der Waals surface area contributed by atoms with Crippen molar-refractivity contribution in [2.24, 2.45) is 0 Å². The molecular formula is C15H9F2NS. The molecule has 0 aliphatic carbocycles. The molecule has 0 saturated heterocycles. The molecule has 0 amide bonds. The van der Waals surface area contributed by atoms with Gasteiger partial charge in [-0.15, -0.1) is 11.3 Å². The lowest BCUT2D eigenvalue weighted by Crippen LogP contribution is -1.84. The maximum atomic E-state index is 13.7. The van der Waals surface area contributed by atoms with E-state index in [-0.39, 0.29) is 11.6 Å². The summed E-state index contributed by atoms with van der Waals surface area (Å²) in [5, 5.41) is 2.55. The summed E-state index contributed by atoms with van der Waals surface area (Å²) in [6, 6.07) is 12.6. The van der Waals surface area contributed by atoms with E-state index in [1.165, 1.54) is 29.5 Å². The smallest absolute Gasteiger partial charge is 0.132 e.